The lowest BCUT2D eigenvalue weighted by Gasteiger charge is -2.20. The van der Waals surface area contributed by atoms with Gasteiger partial charge in [0.15, 0.2) is 0 Å². The zero-order valence-electron chi connectivity index (χ0n) is 16.8. The summed E-state index contributed by atoms with van der Waals surface area (Å²) < 4.78 is 2.61. The van der Waals surface area contributed by atoms with Crippen LogP contribution in [-0.4, -0.2) is 22.1 Å². The quantitative estimate of drug-likeness (QED) is 0.621. The molecule has 3 aromatic rings. The van der Waals surface area contributed by atoms with Crippen molar-refractivity contribution in [3.05, 3.63) is 74.4 Å². The summed E-state index contributed by atoms with van der Waals surface area (Å²) in [5.74, 6) is 0.0605. The molecule has 0 saturated heterocycles. The molecule has 0 bridgehead atoms. The number of para-hydroxylation sites is 1. The van der Waals surface area contributed by atoms with Gasteiger partial charge in [-0.05, 0) is 42.7 Å². The lowest BCUT2D eigenvalue weighted by Crippen LogP contribution is -2.43. The molecule has 29 heavy (non-hydrogen) atoms. The fraction of sp³-hybridized carbons (Fsp3) is 0.318. The number of anilines is 1. The van der Waals surface area contributed by atoms with E-state index in [-0.39, 0.29) is 18.0 Å². The van der Waals surface area contributed by atoms with Crippen molar-refractivity contribution in [3.8, 4) is 0 Å². The zero-order valence-corrected chi connectivity index (χ0v) is 17.5. The van der Waals surface area contributed by atoms with Crippen molar-refractivity contribution in [2.45, 2.75) is 33.4 Å². The summed E-state index contributed by atoms with van der Waals surface area (Å²) >= 11 is 6.02. The Hall–Kier alpha value is -2.86. The van der Waals surface area contributed by atoms with Gasteiger partial charge in [-0.15, -0.1) is 0 Å². The van der Waals surface area contributed by atoms with E-state index in [1.54, 1.807) is 55.6 Å². The highest BCUT2D eigenvalue weighted by atomic mass is 35.5. The van der Waals surface area contributed by atoms with Crippen LogP contribution in [0.3, 0.4) is 0 Å². The van der Waals surface area contributed by atoms with E-state index >= 15 is 0 Å². The van der Waals surface area contributed by atoms with E-state index in [0.29, 0.717) is 40.5 Å². The molecule has 1 heterocycles. The molecular weight excluding hydrogens is 390 g/mol. The third-order valence-corrected chi connectivity index (χ3v) is 5.16. The maximum Gasteiger partial charge on any atom is 0.331 e. The molecule has 7 heteroatoms. The van der Waals surface area contributed by atoms with Gasteiger partial charge >= 0.3 is 5.69 Å². The van der Waals surface area contributed by atoms with Gasteiger partial charge in [0.1, 0.15) is 6.54 Å². The number of fused-ring (bicyclic) bond motifs is 1. The smallest absolute Gasteiger partial charge is 0.314 e. The molecule has 0 aliphatic carbocycles. The van der Waals surface area contributed by atoms with Gasteiger partial charge in [-0.2, -0.15) is 0 Å². The van der Waals surface area contributed by atoms with E-state index in [1.165, 1.54) is 14.0 Å². The number of carbonyl (C=O) groups is 1. The normalized spacial score (nSPS) is 11.2. The molecule has 1 aromatic heterocycles. The second kappa shape index (κ2) is 8.66. The minimum atomic E-state index is -0.470. The molecule has 6 nitrogen and oxygen atoms in total. The van der Waals surface area contributed by atoms with Crippen LogP contribution < -0.4 is 16.1 Å². The van der Waals surface area contributed by atoms with Crippen molar-refractivity contribution in [2.24, 2.45) is 5.92 Å². The van der Waals surface area contributed by atoms with E-state index in [0.717, 1.165) is 0 Å². The standard InChI is InChI=1S/C22H24ClN3O3/c1-15(2)11-12-25-21(28)18-9-4-5-10-19(18)26(22(25)29)14-20(27)24(3)17-8-6-7-16(23)13-17/h4-10,13,15H,11-12,14H2,1-3H3. The lowest BCUT2D eigenvalue weighted by atomic mass is 10.1. The van der Waals surface area contributed by atoms with Crippen LogP contribution in [0.4, 0.5) is 5.69 Å². The molecule has 0 aliphatic heterocycles. The predicted octanol–water partition coefficient (Wildman–Crippen LogP) is 3.53. The molecule has 2 aromatic carbocycles. The Labute approximate surface area is 173 Å². The van der Waals surface area contributed by atoms with E-state index in [2.05, 4.69) is 0 Å². The minimum absolute atomic E-state index is 0.176. The summed E-state index contributed by atoms with van der Waals surface area (Å²) in [7, 11) is 1.63. The van der Waals surface area contributed by atoms with Gasteiger partial charge in [-0.25, -0.2) is 4.79 Å². The third-order valence-electron chi connectivity index (χ3n) is 4.93. The van der Waals surface area contributed by atoms with Crippen molar-refractivity contribution >= 4 is 34.1 Å². The minimum Gasteiger partial charge on any atom is -0.314 e. The summed E-state index contributed by atoms with van der Waals surface area (Å²) in [4.78, 5) is 40.3. The van der Waals surface area contributed by atoms with Crippen LogP contribution in [0.2, 0.25) is 5.02 Å². The average Bonchev–Trinajstić information content (AvgIpc) is 2.70. The summed E-state index contributed by atoms with van der Waals surface area (Å²) in [6.07, 6.45) is 0.698. The van der Waals surface area contributed by atoms with Crippen LogP contribution in [-0.2, 0) is 17.9 Å². The number of amides is 1. The zero-order chi connectivity index (χ0) is 21.1. The molecule has 0 aliphatic rings. The number of halogens is 1. The van der Waals surface area contributed by atoms with Crippen molar-refractivity contribution in [2.75, 3.05) is 11.9 Å². The number of likely N-dealkylation sites (N-methyl/N-ethyl adjacent to an activating group) is 1. The van der Waals surface area contributed by atoms with Gasteiger partial charge in [-0.3, -0.25) is 18.7 Å². The molecule has 152 valence electrons. The third kappa shape index (κ3) is 4.43. The fourth-order valence-electron chi connectivity index (χ4n) is 3.18. The molecule has 0 unspecified atom stereocenters. The second-order valence-corrected chi connectivity index (χ2v) is 7.89. The number of hydrogen-bond donors (Lipinski definition) is 0. The average molecular weight is 414 g/mol. The van der Waals surface area contributed by atoms with E-state index in [1.807, 2.05) is 13.8 Å². The Morgan fingerprint density at radius 2 is 1.79 bits per heavy atom. The van der Waals surface area contributed by atoms with Gasteiger partial charge in [0.25, 0.3) is 5.56 Å². The first-order chi connectivity index (χ1) is 13.8. The molecule has 0 radical (unpaired) electrons. The summed E-state index contributed by atoms with van der Waals surface area (Å²) in [5, 5.41) is 0.945. The maximum atomic E-state index is 13.1. The molecule has 0 fully saturated rings. The number of hydrogen-bond acceptors (Lipinski definition) is 3. The molecule has 1 amide bonds. The van der Waals surface area contributed by atoms with E-state index in [9.17, 15) is 14.4 Å². The number of carbonyl (C=O) groups excluding carboxylic acids is 1. The highest BCUT2D eigenvalue weighted by Gasteiger charge is 2.18. The molecule has 3 rings (SSSR count). The van der Waals surface area contributed by atoms with Gasteiger partial charge in [-0.1, -0.05) is 43.6 Å². The van der Waals surface area contributed by atoms with Crippen LogP contribution in [0.5, 0.6) is 0 Å². The SMILES string of the molecule is CC(C)CCn1c(=O)c2ccccc2n(CC(=O)N(C)c2cccc(Cl)c2)c1=O. The van der Waals surface area contributed by atoms with Gasteiger partial charge in [0.2, 0.25) is 5.91 Å². The lowest BCUT2D eigenvalue weighted by molar-refractivity contribution is -0.118. The second-order valence-electron chi connectivity index (χ2n) is 7.46. The summed E-state index contributed by atoms with van der Waals surface area (Å²) in [6, 6.07) is 13.8. The van der Waals surface area contributed by atoms with Crippen LogP contribution in [0, 0.1) is 5.92 Å². The largest absolute Gasteiger partial charge is 0.331 e. The molecular formula is C22H24ClN3O3. The first-order valence-corrected chi connectivity index (χ1v) is 9.92. The number of rotatable bonds is 6. The Kier molecular flexibility index (Phi) is 6.23. The van der Waals surface area contributed by atoms with Gasteiger partial charge in [0, 0.05) is 24.3 Å². The topological polar surface area (TPSA) is 64.3 Å². The van der Waals surface area contributed by atoms with Crippen molar-refractivity contribution in [1.29, 1.82) is 0 Å². The number of benzene rings is 2. The summed E-state index contributed by atoms with van der Waals surface area (Å²) in [5.41, 5.74) is 0.296. The van der Waals surface area contributed by atoms with E-state index < -0.39 is 5.69 Å². The Bertz CT molecular complexity index is 1160. The van der Waals surface area contributed by atoms with Crippen molar-refractivity contribution in [3.63, 3.8) is 0 Å². The highest BCUT2D eigenvalue weighted by Crippen LogP contribution is 2.19. The van der Waals surface area contributed by atoms with Crippen LogP contribution in [0.1, 0.15) is 20.3 Å². The monoisotopic (exact) mass is 413 g/mol. The van der Waals surface area contributed by atoms with Crippen LogP contribution >= 0.6 is 11.6 Å². The molecule has 0 saturated carbocycles. The number of aromatic nitrogens is 2. The number of nitrogens with zero attached hydrogens (tertiary/aromatic N) is 3. The fourth-order valence-corrected chi connectivity index (χ4v) is 3.36. The Balaban J connectivity index is 2.05. The van der Waals surface area contributed by atoms with Crippen molar-refractivity contribution in [1.82, 2.24) is 9.13 Å². The first-order valence-electron chi connectivity index (χ1n) is 9.54. The Morgan fingerprint density at radius 1 is 1.07 bits per heavy atom. The van der Waals surface area contributed by atoms with Crippen molar-refractivity contribution < 1.29 is 4.79 Å². The highest BCUT2D eigenvalue weighted by molar-refractivity contribution is 6.30. The first kappa shape index (κ1) is 20.9. The maximum absolute atomic E-state index is 13.1. The molecule has 0 atom stereocenters. The van der Waals surface area contributed by atoms with Crippen LogP contribution in [0.15, 0.2) is 58.1 Å². The van der Waals surface area contributed by atoms with Gasteiger partial charge < -0.3 is 4.90 Å². The van der Waals surface area contributed by atoms with Crippen LogP contribution in [0.25, 0.3) is 10.9 Å². The Morgan fingerprint density at radius 3 is 2.48 bits per heavy atom. The molecule has 0 N–H and O–H groups in total. The van der Waals surface area contributed by atoms with E-state index in [4.69, 9.17) is 11.6 Å². The van der Waals surface area contributed by atoms with Gasteiger partial charge in [0.05, 0.1) is 10.9 Å². The molecule has 0 spiro atoms. The summed E-state index contributed by atoms with van der Waals surface area (Å²) in [6.45, 7) is 4.21. The predicted molar refractivity (Wildman–Crippen MR) is 117 cm³/mol.